The van der Waals surface area contributed by atoms with Gasteiger partial charge in [-0.25, -0.2) is 0 Å². The van der Waals surface area contributed by atoms with Gasteiger partial charge < -0.3 is 4.72 Å². The van der Waals surface area contributed by atoms with Gasteiger partial charge in [0.05, 0.1) is 0 Å². The molecule has 0 saturated carbocycles. The third-order valence-corrected chi connectivity index (χ3v) is 3.41. The van der Waals surface area contributed by atoms with Gasteiger partial charge in [-0.15, -0.1) is 0 Å². The molecule has 17 heavy (non-hydrogen) atoms. The zero-order valence-electron chi connectivity index (χ0n) is 10.2. The monoisotopic (exact) mass is 243 g/mol. The van der Waals surface area contributed by atoms with E-state index in [0.717, 1.165) is 5.69 Å². The molecule has 2 heteroatoms. The van der Waals surface area contributed by atoms with Crippen molar-refractivity contribution in [2.24, 2.45) is 0 Å². The molecule has 0 spiro atoms. The van der Waals surface area contributed by atoms with Crippen LogP contribution in [0.1, 0.15) is 25.3 Å². The largest absolute Gasteiger partial charge is 0.326 e. The van der Waals surface area contributed by atoms with Crippen LogP contribution in [0.3, 0.4) is 0 Å². The average molecular weight is 243 g/mol. The SMILES string of the molecule is CC(C)c1cccc(SNc2ccccc2)c1. The summed E-state index contributed by atoms with van der Waals surface area (Å²) in [7, 11) is 0. The lowest BCUT2D eigenvalue weighted by atomic mass is 10.0. The molecule has 0 aliphatic carbocycles. The Hall–Kier alpha value is -1.41. The number of anilines is 1. The van der Waals surface area contributed by atoms with Crippen LogP contribution in [0.25, 0.3) is 0 Å². The predicted octanol–water partition coefficient (Wildman–Crippen LogP) is 4.93. The smallest absolute Gasteiger partial charge is 0.0443 e. The van der Waals surface area contributed by atoms with Crippen molar-refractivity contribution in [3.63, 3.8) is 0 Å². The first kappa shape index (κ1) is 12.1. The van der Waals surface area contributed by atoms with E-state index >= 15 is 0 Å². The summed E-state index contributed by atoms with van der Waals surface area (Å²) in [5.41, 5.74) is 2.51. The predicted molar refractivity (Wildman–Crippen MR) is 76.5 cm³/mol. The highest BCUT2D eigenvalue weighted by molar-refractivity contribution is 8.00. The minimum Gasteiger partial charge on any atom is -0.326 e. The second-order valence-corrected chi connectivity index (χ2v) is 5.18. The van der Waals surface area contributed by atoms with E-state index in [4.69, 9.17) is 0 Å². The van der Waals surface area contributed by atoms with Crippen molar-refractivity contribution in [2.45, 2.75) is 24.7 Å². The molecule has 2 rings (SSSR count). The molecular weight excluding hydrogens is 226 g/mol. The zero-order valence-corrected chi connectivity index (χ0v) is 11.0. The molecule has 0 heterocycles. The van der Waals surface area contributed by atoms with Crippen LogP contribution < -0.4 is 4.72 Å². The normalized spacial score (nSPS) is 10.5. The van der Waals surface area contributed by atoms with Crippen LogP contribution >= 0.6 is 11.9 Å². The summed E-state index contributed by atoms with van der Waals surface area (Å²) in [6, 6.07) is 18.9. The fourth-order valence-electron chi connectivity index (χ4n) is 1.56. The van der Waals surface area contributed by atoms with Crippen LogP contribution in [-0.2, 0) is 0 Å². The van der Waals surface area contributed by atoms with Gasteiger partial charge in [0.2, 0.25) is 0 Å². The summed E-state index contributed by atoms with van der Waals surface area (Å²) in [4.78, 5) is 1.25. The average Bonchev–Trinajstić information content (AvgIpc) is 2.38. The number of hydrogen-bond donors (Lipinski definition) is 1. The highest BCUT2D eigenvalue weighted by atomic mass is 32.2. The summed E-state index contributed by atoms with van der Waals surface area (Å²) in [5, 5.41) is 0. The van der Waals surface area contributed by atoms with Crippen LogP contribution in [-0.4, -0.2) is 0 Å². The molecule has 1 nitrogen and oxygen atoms in total. The standard InChI is InChI=1S/C15H17NS/c1-12(2)13-7-6-10-15(11-13)17-16-14-8-4-3-5-9-14/h3-12,16H,1-2H3. The summed E-state index contributed by atoms with van der Waals surface area (Å²) < 4.78 is 3.34. The van der Waals surface area contributed by atoms with E-state index in [2.05, 4.69) is 55.0 Å². The van der Waals surface area contributed by atoms with Crippen molar-refractivity contribution in [3.8, 4) is 0 Å². The maximum Gasteiger partial charge on any atom is 0.0443 e. The third kappa shape index (κ3) is 3.53. The topological polar surface area (TPSA) is 12.0 Å². The van der Waals surface area contributed by atoms with Crippen molar-refractivity contribution < 1.29 is 0 Å². The van der Waals surface area contributed by atoms with E-state index in [1.54, 1.807) is 11.9 Å². The van der Waals surface area contributed by atoms with E-state index in [0.29, 0.717) is 5.92 Å². The lowest BCUT2D eigenvalue weighted by Crippen LogP contribution is -1.89. The number of hydrogen-bond acceptors (Lipinski definition) is 2. The second kappa shape index (κ2) is 5.78. The maximum absolute atomic E-state index is 3.34. The van der Waals surface area contributed by atoms with Crippen molar-refractivity contribution in [3.05, 3.63) is 60.2 Å². The van der Waals surface area contributed by atoms with Crippen molar-refractivity contribution >= 4 is 17.6 Å². The van der Waals surface area contributed by atoms with Gasteiger partial charge in [-0.2, -0.15) is 0 Å². The molecule has 2 aromatic carbocycles. The first-order valence-electron chi connectivity index (χ1n) is 5.83. The Balaban J connectivity index is 2.02. The van der Waals surface area contributed by atoms with Gasteiger partial charge in [-0.3, -0.25) is 0 Å². The molecule has 1 N–H and O–H groups in total. The highest BCUT2D eigenvalue weighted by Crippen LogP contribution is 2.24. The van der Waals surface area contributed by atoms with Crippen molar-refractivity contribution in [1.82, 2.24) is 0 Å². The van der Waals surface area contributed by atoms with Gasteiger partial charge in [-0.1, -0.05) is 44.2 Å². The van der Waals surface area contributed by atoms with E-state index in [1.165, 1.54) is 10.5 Å². The molecule has 88 valence electrons. The first-order valence-corrected chi connectivity index (χ1v) is 6.65. The summed E-state index contributed by atoms with van der Waals surface area (Å²) in [6.45, 7) is 4.43. The van der Waals surface area contributed by atoms with Crippen molar-refractivity contribution in [1.29, 1.82) is 0 Å². The number of rotatable bonds is 4. The van der Waals surface area contributed by atoms with E-state index in [9.17, 15) is 0 Å². The molecule has 0 fully saturated rings. The van der Waals surface area contributed by atoms with Crippen LogP contribution in [0.4, 0.5) is 5.69 Å². The third-order valence-electron chi connectivity index (χ3n) is 2.59. The minimum absolute atomic E-state index is 0.576. The Kier molecular flexibility index (Phi) is 4.10. The summed E-state index contributed by atoms with van der Waals surface area (Å²) >= 11 is 1.66. The van der Waals surface area contributed by atoms with Crippen LogP contribution in [0.5, 0.6) is 0 Å². The number of nitrogens with one attached hydrogen (secondary N) is 1. The molecule has 0 saturated heterocycles. The molecule has 0 bridgehead atoms. The van der Waals surface area contributed by atoms with Crippen LogP contribution in [0.2, 0.25) is 0 Å². The Morgan fingerprint density at radius 3 is 2.41 bits per heavy atom. The maximum atomic E-state index is 3.34. The first-order chi connectivity index (χ1) is 8.25. The lowest BCUT2D eigenvalue weighted by molar-refractivity contribution is 0.862. The number of benzene rings is 2. The molecule has 0 atom stereocenters. The fourth-order valence-corrected chi connectivity index (χ4v) is 2.27. The quantitative estimate of drug-likeness (QED) is 0.764. The van der Waals surface area contributed by atoms with Crippen molar-refractivity contribution in [2.75, 3.05) is 4.72 Å². The Bertz CT molecular complexity index is 465. The lowest BCUT2D eigenvalue weighted by Gasteiger charge is -2.09. The van der Waals surface area contributed by atoms with Gasteiger partial charge in [0.15, 0.2) is 0 Å². The number of para-hydroxylation sites is 1. The van der Waals surface area contributed by atoms with Gasteiger partial charge in [0, 0.05) is 10.6 Å². The summed E-state index contributed by atoms with van der Waals surface area (Å²) in [6.07, 6.45) is 0. The van der Waals surface area contributed by atoms with E-state index in [-0.39, 0.29) is 0 Å². The molecule has 2 aromatic rings. The van der Waals surface area contributed by atoms with Gasteiger partial charge in [-0.05, 0) is 47.7 Å². The molecule has 0 aromatic heterocycles. The van der Waals surface area contributed by atoms with Gasteiger partial charge in [0.1, 0.15) is 0 Å². The molecule has 0 radical (unpaired) electrons. The molecule has 0 aliphatic rings. The van der Waals surface area contributed by atoms with Gasteiger partial charge >= 0.3 is 0 Å². The highest BCUT2D eigenvalue weighted by Gasteiger charge is 2.00. The minimum atomic E-state index is 0.576. The molecule has 0 unspecified atom stereocenters. The zero-order chi connectivity index (χ0) is 12.1. The molecule has 0 aliphatic heterocycles. The Labute approximate surface area is 107 Å². The second-order valence-electron chi connectivity index (χ2n) is 4.30. The summed E-state index contributed by atoms with van der Waals surface area (Å²) in [5.74, 6) is 0.576. The Morgan fingerprint density at radius 1 is 0.941 bits per heavy atom. The van der Waals surface area contributed by atoms with Crippen LogP contribution in [0.15, 0.2) is 59.5 Å². The van der Waals surface area contributed by atoms with Gasteiger partial charge in [0.25, 0.3) is 0 Å². The Morgan fingerprint density at radius 2 is 1.71 bits per heavy atom. The molecular formula is C15H17NS. The van der Waals surface area contributed by atoms with E-state index in [1.807, 2.05) is 18.2 Å². The molecule has 0 amide bonds. The fraction of sp³-hybridized carbons (Fsp3) is 0.200. The van der Waals surface area contributed by atoms with E-state index < -0.39 is 0 Å². The van der Waals surface area contributed by atoms with Crippen LogP contribution in [0, 0.1) is 0 Å².